The lowest BCUT2D eigenvalue weighted by Crippen LogP contribution is -2.74. The monoisotopic (exact) mass is 391 g/mol. The number of carboxylic acid groups (broad SMARTS) is 1. The molecule has 1 aromatic carbocycles. The molecule has 10 heteroatoms. The Hall–Kier alpha value is -3.01. The van der Waals surface area contributed by atoms with Gasteiger partial charge in [0.25, 0.3) is 0 Å². The van der Waals surface area contributed by atoms with E-state index in [-0.39, 0.29) is 24.5 Å². The van der Waals surface area contributed by atoms with Gasteiger partial charge in [-0.1, -0.05) is 30.3 Å². The molecule has 2 unspecified atom stereocenters. The summed E-state index contributed by atoms with van der Waals surface area (Å²) in [6, 6.07) is 7.01. The molecule has 2 aliphatic heterocycles. The number of amides is 3. The van der Waals surface area contributed by atoms with Crippen molar-refractivity contribution in [2.45, 2.75) is 23.9 Å². The van der Waals surface area contributed by atoms with Crippen LogP contribution in [-0.2, 0) is 25.5 Å². The first kappa shape index (κ1) is 18.8. The Morgan fingerprint density at radius 1 is 1.26 bits per heavy atom. The molecule has 9 nitrogen and oxygen atoms in total. The summed E-state index contributed by atoms with van der Waals surface area (Å²) in [5, 5.41) is 13.1. The first-order chi connectivity index (χ1) is 12.9. The highest BCUT2D eigenvalue weighted by Gasteiger charge is 2.55. The molecule has 1 aromatic rings. The summed E-state index contributed by atoms with van der Waals surface area (Å²) in [6.07, 6.45) is -0.911. The maximum atomic E-state index is 12.5. The van der Waals surface area contributed by atoms with Gasteiger partial charge in [0.1, 0.15) is 18.0 Å². The highest BCUT2D eigenvalue weighted by molar-refractivity contribution is 8.02. The molecule has 0 radical (unpaired) electrons. The molecule has 2 aliphatic rings. The van der Waals surface area contributed by atoms with Crippen LogP contribution in [0.2, 0.25) is 0 Å². The van der Waals surface area contributed by atoms with Gasteiger partial charge in [-0.05, 0) is 11.0 Å². The summed E-state index contributed by atoms with van der Waals surface area (Å²) in [4.78, 5) is 48.2. The van der Waals surface area contributed by atoms with Crippen LogP contribution in [0.1, 0.15) is 5.56 Å². The molecule has 1 saturated heterocycles. The molecule has 3 atom stereocenters. The van der Waals surface area contributed by atoms with E-state index in [0.717, 1.165) is 5.56 Å². The lowest BCUT2D eigenvalue weighted by molar-refractivity contribution is -0.160. The quantitative estimate of drug-likeness (QED) is 0.583. The van der Waals surface area contributed by atoms with Crippen molar-refractivity contribution in [1.29, 1.82) is 0 Å². The summed E-state index contributed by atoms with van der Waals surface area (Å²) in [7, 11) is 0. The fraction of sp³-hybridized carbons (Fsp3) is 0.294. The fourth-order valence-electron chi connectivity index (χ4n) is 2.99. The Morgan fingerprint density at radius 2 is 1.96 bits per heavy atom. The number of β-lactam (4-membered cyclic amide) rings is 1. The zero-order valence-electron chi connectivity index (χ0n) is 14.0. The van der Waals surface area contributed by atoms with E-state index < -0.39 is 35.4 Å². The number of thioether (sulfide) groups is 1. The first-order valence-electron chi connectivity index (χ1n) is 8.03. The van der Waals surface area contributed by atoms with Crippen molar-refractivity contribution < 1.29 is 29.0 Å². The Kier molecular flexibility index (Phi) is 5.36. The number of hydrogen-bond acceptors (Lipinski definition) is 6. The molecule has 142 valence electrons. The second kappa shape index (κ2) is 7.70. The predicted octanol–water partition coefficient (Wildman–Crippen LogP) is 0.0614. The molecule has 0 saturated carbocycles. The van der Waals surface area contributed by atoms with Crippen LogP contribution in [0.15, 0.2) is 41.3 Å². The Labute approximate surface area is 158 Å². The minimum atomic E-state index is -1.26. The van der Waals surface area contributed by atoms with Crippen LogP contribution in [0.4, 0.5) is 4.79 Å². The highest BCUT2D eigenvalue weighted by Crippen LogP contribution is 2.40. The largest absolute Gasteiger partial charge is 0.479 e. The number of nitrogens with zero attached hydrogens (tertiary/aromatic N) is 1. The lowest BCUT2D eigenvalue weighted by Gasteiger charge is -2.51. The third-order valence-electron chi connectivity index (χ3n) is 4.21. The number of primary amides is 1. The molecule has 27 heavy (non-hydrogen) atoms. The summed E-state index contributed by atoms with van der Waals surface area (Å²) in [5.41, 5.74) is 5.95. The normalized spacial score (nSPS) is 23.6. The zero-order chi connectivity index (χ0) is 19.6. The van der Waals surface area contributed by atoms with Gasteiger partial charge in [-0.15, -0.1) is 11.8 Å². The van der Waals surface area contributed by atoms with Crippen molar-refractivity contribution in [3.63, 3.8) is 0 Å². The molecule has 1 fully saturated rings. The van der Waals surface area contributed by atoms with Crippen molar-refractivity contribution in [2.24, 2.45) is 5.73 Å². The van der Waals surface area contributed by atoms with Crippen LogP contribution in [0.5, 0.6) is 0 Å². The van der Waals surface area contributed by atoms with E-state index in [1.807, 2.05) is 18.2 Å². The van der Waals surface area contributed by atoms with Gasteiger partial charge in [-0.3, -0.25) is 9.59 Å². The smallest absolute Gasteiger partial charge is 0.404 e. The molecule has 0 aliphatic carbocycles. The molecule has 2 heterocycles. The molecule has 4 N–H and O–H groups in total. The third kappa shape index (κ3) is 3.90. The van der Waals surface area contributed by atoms with E-state index in [0.29, 0.717) is 0 Å². The van der Waals surface area contributed by atoms with E-state index in [1.165, 1.54) is 22.1 Å². The van der Waals surface area contributed by atoms with E-state index >= 15 is 0 Å². The van der Waals surface area contributed by atoms with Gasteiger partial charge in [0.2, 0.25) is 11.8 Å². The van der Waals surface area contributed by atoms with Gasteiger partial charge in [0.15, 0.2) is 6.04 Å². The van der Waals surface area contributed by atoms with Crippen molar-refractivity contribution in [1.82, 2.24) is 10.2 Å². The number of aliphatic carboxylic acids is 1. The zero-order valence-corrected chi connectivity index (χ0v) is 14.8. The topological polar surface area (TPSA) is 139 Å². The minimum absolute atomic E-state index is 0.123. The summed E-state index contributed by atoms with van der Waals surface area (Å²) >= 11 is 1.19. The van der Waals surface area contributed by atoms with E-state index in [2.05, 4.69) is 10.1 Å². The van der Waals surface area contributed by atoms with Crippen LogP contribution in [0, 0.1) is 0 Å². The van der Waals surface area contributed by atoms with Crippen LogP contribution in [0.25, 0.3) is 0 Å². The Morgan fingerprint density at radius 3 is 2.59 bits per heavy atom. The van der Waals surface area contributed by atoms with Crippen molar-refractivity contribution in [3.05, 3.63) is 46.9 Å². The van der Waals surface area contributed by atoms with Crippen LogP contribution >= 0.6 is 11.8 Å². The van der Waals surface area contributed by atoms with Crippen molar-refractivity contribution >= 4 is 35.6 Å². The lowest BCUT2D eigenvalue weighted by atomic mass is 9.98. The number of nitrogens with one attached hydrogen (secondary N) is 1. The molecule has 3 rings (SSSR count). The number of ether oxygens (including phenoxy) is 1. The van der Waals surface area contributed by atoms with Gasteiger partial charge < -0.3 is 25.8 Å². The van der Waals surface area contributed by atoms with Crippen LogP contribution < -0.4 is 11.1 Å². The number of carbonyl (C=O) groups excluding carboxylic acids is 3. The molecular weight excluding hydrogens is 374 g/mol. The average molecular weight is 391 g/mol. The van der Waals surface area contributed by atoms with Crippen LogP contribution in [0.3, 0.4) is 0 Å². The molecular formula is C17H17N3O6S. The number of carbonyl (C=O) groups is 4. The van der Waals surface area contributed by atoms with Crippen LogP contribution in [-0.4, -0.2) is 57.9 Å². The van der Waals surface area contributed by atoms with Gasteiger partial charge in [-0.25, -0.2) is 9.59 Å². The molecule has 0 aromatic heterocycles. The first-order valence-corrected chi connectivity index (χ1v) is 8.97. The standard InChI is InChI=1S/C17H17N3O6S/c18-17(25)26-7-10-8-27-15-12(14(22)20(15)13(10)16(23)24)19-11(21)6-9-4-2-1-3-5-9/h1-5,8,12-13,15H,6-7H2,(H2,18,25)(H,19,21)(H,23,24)/t12?,13?,15-/m1/s1. The maximum Gasteiger partial charge on any atom is 0.404 e. The van der Waals surface area contributed by atoms with Crippen molar-refractivity contribution in [3.8, 4) is 0 Å². The second-order valence-corrected chi connectivity index (χ2v) is 7.01. The van der Waals surface area contributed by atoms with Gasteiger partial charge >= 0.3 is 12.1 Å². The van der Waals surface area contributed by atoms with Gasteiger partial charge in [0, 0.05) is 5.57 Å². The number of carboxylic acids is 1. The van der Waals surface area contributed by atoms with E-state index in [9.17, 15) is 24.3 Å². The third-order valence-corrected chi connectivity index (χ3v) is 5.42. The average Bonchev–Trinajstić information content (AvgIpc) is 2.64. The molecule has 0 spiro atoms. The Bertz CT molecular complexity index is 812. The number of fused-ring (bicyclic) bond motifs is 1. The summed E-state index contributed by atoms with van der Waals surface area (Å²) < 4.78 is 4.65. The summed E-state index contributed by atoms with van der Waals surface area (Å²) in [6.45, 7) is -0.319. The van der Waals surface area contributed by atoms with Gasteiger partial charge in [0.05, 0.1) is 6.42 Å². The maximum absolute atomic E-state index is 12.5. The number of nitrogens with two attached hydrogens (primary N) is 1. The van der Waals surface area contributed by atoms with E-state index in [1.54, 1.807) is 12.1 Å². The fourth-order valence-corrected chi connectivity index (χ4v) is 4.20. The minimum Gasteiger partial charge on any atom is -0.479 e. The van der Waals surface area contributed by atoms with Crippen molar-refractivity contribution in [2.75, 3.05) is 6.61 Å². The predicted molar refractivity (Wildman–Crippen MR) is 95.3 cm³/mol. The SMILES string of the molecule is NC(=O)OCC1=CS[C@@H]2C(NC(=O)Cc3ccccc3)C(=O)N2C1C(=O)O. The Balaban J connectivity index is 1.67. The van der Waals surface area contributed by atoms with Gasteiger partial charge in [-0.2, -0.15) is 0 Å². The highest BCUT2D eigenvalue weighted by atomic mass is 32.2. The number of hydrogen-bond donors (Lipinski definition) is 3. The van der Waals surface area contributed by atoms with E-state index in [4.69, 9.17) is 5.73 Å². The summed E-state index contributed by atoms with van der Waals surface area (Å²) in [5.74, 6) is -2.06. The second-order valence-electron chi connectivity index (χ2n) is 6.02. The molecule has 3 amide bonds. The number of rotatable bonds is 6. The molecule has 0 bridgehead atoms. The number of benzene rings is 1.